The van der Waals surface area contributed by atoms with Crippen LogP contribution in [0.5, 0.6) is 0 Å². The van der Waals surface area contributed by atoms with Gasteiger partial charge in [-0.3, -0.25) is 38.6 Å². The zero-order chi connectivity index (χ0) is 47.0. The molecule has 65 heavy (non-hydrogen) atoms. The summed E-state index contributed by atoms with van der Waals surface area (Å²) >= 11 is 0. The number of carbonyl (C=O) groups is 8. The molecule has 0 bridgehead atoms. The first-order chi connectivity index (χ1) is 31.2. The molecule has 3 heterocycles. The Hall–Kier alpha value is -5.83. The number of guanidine groups is 1. The molecule has 3 aliphatic heterocycles. The zero-order valence-electron chi connectivity index (χ0n) is 37.0. The van der Waals surface area contributed by atoms with Crippen LogP contribution in [0.1, 0.15) is 95.5 Å². The van der Waals surface area contributed by atoms with Crippen LogP contribution in [0, 0.1) is 5.92 Å². The van der Waals surface area contributed by atoms with Gasteiger partial charge in [0, 0.05) is 32.6 Å². The second-order valence-corrected chi connectivity index (χ2v) is 17.5. The van der Waals surface area contributed by atoms with Crippen molar-refractivity contribution in [3.8, 4) is 0 Å². The van der Waals surface area contributed by atoms with Gasteiger partial charge in [-0.25, -0.2) is 4.79 Å². The van der Waals surface area contributed by atoms with Crippen LogP contribution in [0.2, 0.25) is 0 Å². The van der Waals surface area contributed by atoms with Crippen LogP contribution in [0.3, 0.4) is 0 Å². The van der Waals surface area contributed by atoms with E-state index >= 15 is 0 Å². The van der Waals surface area contributed by atoms with E-state index in [-0.39, 0.29) is 56.0 Å². The molecule has 4 aliphatic rings. The molecule has 21 nitrogen and oxygen atoms in total. The van der Waals surface area contributed by atoms with E-state index in [1.165, 1.54) is 14.7 Å². The van der Waals surface area contributed by atoms with Gasteiger partial charge >= 0.3 is 5.97 Å². The SMILES string of the molecule is NC(N)=NCCC[C@H](N)C(=O)N1CCC[C@H]1C(=O)N1CCC[C@H]1C(=O)NCC(=O)N[C@@H](Cc1ccccc1)C(=O)N[C@@H](CO)C(=O)N1CCC[C@H]1C(=O)N[C@@H](CC1CCCCC1)C(=O)O. The number of carbonyl (C=O) groups excluding carboxylic acids is 7. The maximum atomic E-state index is 13.9. The molecule has 4 fully saturated rings. The Kier molecular flexibility index (Phi) is 18.9. The number of likely N-dealkylation sites (tertiary alicyclic amines) is 3. The predicted octanol–water partition coefficient (Wildman–Crippen LogP) is -1.80. The fourth-order valence-electron chi connectivity index (χ4n) is 9.43. The van der Waals surface area contributed by atoms with Gasteiger partial charge in [-0.15, -0.1) is 0 Å². The molecular weight excluding hydrogens is 843 g/mol. The quantitative estimate of drug-likeness (QED) is 0.0374. The van der Waals surface area contributed by atoms with Crippen LogP contribution in [0.25, 0.3) is 0 Å². The Bertz CT molecular complexity index is 1880. The van der Waals surface area contributed by atoms with E-state index in [1.54, 1.807) is 30.3 Å². The lowest BCUT2D eigenvalue weighted by atomic mass is 9.85. The number of aliphatic imine (C=N–C) groups is 1. The summed E-state index contributed by atoms with van der Waals surface area (Å²) in [7, 11) is 0. The summed E-state index contributed by atoms with van der Waals surface area (Å²) < 4.78 is 0. The first-order valence-corrected chi connectivity index (χ1v) is 23.0. The van der Waals surface area contributed by atoms with Gasteiger partial charge in [-0.2, -0.15) is 0 Å². The third kappa shape index (κ3) is 14.1. The van der Waals surface area contributed by atoms with Crippen molar-refractivity contribution in [2.24, 2.45) is 28.1 Å². The van der Waals surface area contributed by atoms with Crippen molar-refractivity contribution < 1.29 is 48.6 Å². The highest BCUT2D eigenvalue weighted by atomic mass is 16.4. The Morgan fingerprint density at radius 2 is 1.32 bits per heavy atom. The number of hydrogen-bond acceptors (Lipinski definition) is 11. The number of nitrogens with two attached hydrogens (primary N) is 3. The van der Waals surface area contributed by atoms with Crippen molar-refractivity contribution in [1.29, 1.82) is 0 Å². The highest BCUT2D eigenvalue weighted by molar-refractivity contribution is 5.97. The molecule has 0 unspecified atom stereocenters. The van der Waals surface area contributed by atoms with Gasteiger partial charge < -0.3 is 63.4 Å². The van der Waals surface area contributed by atoms with E-state index in [1.807, 2.05) is 0 Å². The van der Waals surface area contributed by atoms with Crippen LogP contribution in [-0.4, -0.2) is 160 Å². The van der Waals surface area contributed by atoms with Crippen molar-refractivity contribution in [2.45, 2.75) is 139 Å². The monoisotopic (exact) mass is 910 g/mol. The lowest BCUT2D eigenvalue weighted by Gasteiger charge is -2.32. The summed E-state index contributed by atoms with van der Waals surface area (Å²) in [6, 6.07) is 1.31. The number of aliphatic hydroxyl groups excluding tert-OH is 1. The number of rotatable bonds is 21. The molecule has 1 aromatic carbocycles. The summed E-state index contributed by atoms with van der Waals surface area (Å²) in [5.41, 5.74) is 17.6. The Balaban J connectivity index is 1.17. The Labute approximate surface area is 379 Å². The van der Waals surface area contributed by atoms with Crippen molar-refractivity contribution in [2.75, 3.05) is 39.3 Å². The lowest BCUT2D eigenvalue weighted by Crippen LogP contribution is -2.59. The Morgan fingerprint density at radius 3 is 1.95 bits per heavy atom. The van der Waals surface area contributed by atoms with Crippen LogP contribution in [-0.2, 0) is 44.8 Å². The largest absolute Gasteiger partial charge is 0.480 e. The molecule has 1 saturated carbocycles. The number of amides is 7. The third-order valence-electron chi connectivity index (χ3n) is 12.8. The van der Waals surface area contributed by atoms with Crippen molar-refractivity contribution >= 4 is 53.3 Å². The molecule has 0 spiro atoms. The summed E-state index contributed by atoms with van der Waals surface area (Å²) in [6.07, 6.45) is 8.51. The number of benzene rings is 1. The number of nitrogens with one attached hydrogen (secondary N) is 4. The van der Waals surface area contributed by atoms with E-state index in [9.17, 15) is 48.6 Å². The summed E-state index contributed by atoms with van der Waals surface area (Å²) in [4.78, 5) is 115. The zero-order valence-corrected chi connectivity index (χ0v) is 37.0. The number of nitrogens with zero attached hydrogens (tertiary/aromatic N) is 4. The highest BCUT2D eigenvalue weighted by Gasteiger charge is 2.43. The predicted molar refractivity (Wildman–Crippen MR) is 237 cm³/mol. The maximum absolute atomic E-state index is 13.9. The lowest BCUT2D eigenvalue weighted by molar-refractivity contribution is -0.147. The molecule has 1 aromatic rings. The maximum Gasteiger partial charge on any atom is 0.326 e. The van der Waals surface area contributed by atoms with Gasteiger partial charge in [0.15, 0.2) is 5.96 Å². The van der Waals surface area contributed by atoms with Gasteiger partial charge in [0.2, 0.25) is 41.4 Å². The minimum Gasteiger partial charge on any atom is -0.480 e. The van der Waals surface area contributed by atoms with Crippen LogP contribution < -0.4 is 38.5 Å². The van der Waals surface area contributed by atoms with Crippen molar-refractivity contribution in [1.82, 2.24) is 36.0 Å². The second-order valence-electron chi connectivity index (χ2n) is 17.5. The van der Waals surface area contributed by atoms with E-state index in [0.717, 1.165) is 32.1 Å². The van der Waals surface area contributed by atoms with Crippen LogP contribution in [0.4, 0.5) is 0 Å². The Morgan fingerprint density at radius 1 is 0.708 bits per heavy atom. The first-order valence-electron chi connectivity index (χ1n) is 23.0. The number of aliphatic carboxylic acids is 1. The molecule has 7 amide bonds. The number of aliphatic hydroxyl groups is 1. The van der Waals surface area contributed by atoms with E-state index in [2.05, 4.69) is 26.3 Å². The molecule has 12 N–H and O–H groups in total. The van der Waals surface area contributed by atoms with Gasteiger partial charge in [-0.05, 0) is 69.3 Å². The van der Waals surface area contributed by atoms with E-state index < -0.39 is 90.9 Å². The molecule has 3 saturated heterocycles. The minimum atomic E-state index is -1.49. The highest BCUT2D eigenvalue weighted by Crippen LogP contribution is 2.29. The molecular formula is C44H67N11O10. The van der Waals surface area contributed by atoms with Gasteiger partial charge in [-0.1, -0.05) is 62.4 Å². The summed E-state index contributed by atoms with van der Waals surface area (Å²) in [5, 5.41) is 30.6. The minimum absolute atomic E-state index is 0.0214. The molecule has 7 atom stereocenters. The van der Waals surface area contributed by atoms with E-state index in [0.29, 0.717) is 63.6 Å². The number of carboxylic acid groups (broad SMARTS) is 1. The topological polar surface area (TPSA) is 325 Å². The molecule has 21 heteroatoms. The van der Waals surface area contributed by atoms with Gasteiger partial charge in [0.25, 0.3) is 0 Å². The summed E-state index contributed by atoms with van der Waals surface area (Å²) in [5.74, 6) is -5.28. The third-order valence-corrected chi connectivity index (χ3v) is 12.8. The molecule has 0 radical (unpaired) electrons. The van der Waals surface area contributed by atoms with Gasteiger partial charge in [0.05, 0.1) is 19.2 Å². The standard InChI is InChI=1S/C44H67N11O10/c45-29(15-7-19-48-44(46)47)40(61)55-22-10-18-35(55)42(63)54-21-8-16-33(54)38(59)49-25-36(57)50-30(23-27-11-3-1-4-12-27)37(58)52-32(26-56)41(62)53-20-9-17-34(53)39(60)51-31(43(64)65)24-28-13-5-2-6-14-28/h1,3-4,11-12,28-35,56H,2,5-10,13-26,45H2,(H,49,59)(H,50,57)(H,51,60)(H,52,58)(H,64,65)(H4,46,47,48)/t29-,30-,31-,32-,33-,34-,35-/m0/s1. The van der Waals surface area contributed by atoms with E-state index in [4.69, 9.17) is 17.2 Å². The normalized spacial score (nSPS) is 21.7. The van der Waals surface area contributed by atoms with Gasteiger partial charge in [0.1, 0.15) is 36.3 Å². The number of carboxylic acids is 1. The molecule has 358 valence electrons. The fraction of sp³-hybridized carbons (Fsp3) is 0.659. The molecule has 1 aliphatic carbocycles. The van der Waals surface area contributed by atoms with Crippen molar-refractivity contribution in [3.63, 3.8) is 0 Å². The smallest absolute Gasteiger partial charge is 0.326 e. The molecule has 5 rings (SSSR count). The number of hydrogen-bond donors (Lipinski definition) is 9. The fourth-order valence-corrected chi connectivity index (χ4v) is 9.43. The average Bonchev–Trinajstić information content (AvgIpc) is 4.11. The average molecular weight is 910 g/mol. The second kappa shape index (κ2) is 24.5. The summed E-state index contributed by atoms with van der Waals surface area (Å²) in [6.45, 7) is -0.300. The van der Waals surface area contributed by atoms with Crippen LogP contribution >= 0.6 is 0 Å². The van der Waals surface area contributed by atoms with Crippen molar-refractivity contribution in [3.05, 3.63) is 35.9 Å². The molecule has 0 aromatic heterocycles. The van der Waals surface area contributed by atoms with Crippen LogP contribution in [0.15, 0.2) is 35.3 Å². The first kappa shape index (κ1) is 50.2.